The van der Waals surface area contributed by atoms with Crippen molar-refractivity contribution >= 4 is 24.3 Å². The van der Waals surface area contributed by atoms with E-state index in [2.05, 4.69) is 24.3 Å². The van der Waals surface area contributed by atoms with E-state index in [1.165, 1.54) is 0 Å². The quantitative estimate of drug-likeness (QED) is 0.0639. The fraction of sp³-hybridized carbons (Fsp3) is 0.349. The van der Waals surface area contributed by atoms with Crippen molar-refractivity contribution in [3.63, 3.8) is 0 Å². The highest BCUT2D eigenvalue weighted by molar-refractivity contribution is 5.71. The van der Waals surface area contributed by atoms with Crippen molar-refractivity contribution in [2.24, 2.45) is 0 Å². The number of ether oxygens (including phenoxy) is 8. The molecule has 0 saturated carbocycles. The standard InChI is InChI=1S/C43H48O8/c1-31(45-26-33(3)51-41-22-14-37(15-23-41)7-5-35-10-18-39(19-11-35)47-28-43-30-49-43)24-44-25-32(2)50-40-20-12-36(13-21-40)6-4-34-8-16-38(17-9-34)46-27-42-29-48-42/h4-23,31-33,42-43H,24-30H2,1-3H3. The first-order valence-electron chi connectivity index (χ1n) is 17.7. The Morgan fingerprint density at radius 1 is 0.490 bits per heavy atom. The van der Waals surface area contributed by atoms with Crippen LogP contribution in [-0.2, 0) is 18.9 Å². The van der Waals surface area contributed by atoms with E-state index in [0.29, 0.717) is 33.0 Å². The summed E-state index contributed by atoms with van der Waals surface area (Å²) in [5.74, 6) is 3.33. The van der Waals surface area contributed by atoms with Crippen molar-refractivity contribution in [3.05, 3.63) is 119 Å². The summed E-state index contributed by atoms with van der Waals surface area (Å²) >= 11 is 0. The van der Waals surface area contributed by atoms with Gasteiger partial charge in [0.05, 0.1) is 39.1 Å². The number of rotatable bonds is 21. The van der Waals surface area contributed by atoms with Crippen LogP contribution in [0.2, 0.25) is 0 Å². The van der Waals surface area contributed by atoms with Crippen LogP contribution < -0.4 is 18.9 Å². The Labute approximate surface area is 301 Å². The molecular formula is C43H48O8. The van der Waals surface area contributed by atoms with Gasteiger partial charge in [0.25, 0.3) is 0 Å². The van der Waals surface area contributed by atoms with Crippen LogP contribution in [0.1, 0.15) is 43.0 Å². The zero-order chi connectivity index (χ0) is 35.3. The lowest BCUT2D eigenvalue weighted by Gasteiger charge is -2.20. The van der Waals surface area contributed by atoms with Crippen LogP contribution >= 0.6 is 0 Å². The molecule has 8 heteroatoms. The van der Waals surface area contributed by atoms with E-state index in [4.69, 9.17) is 37.9 Å². The molecule has 2 fully saturated rings. The Morgan fingerprint density at radius 2 is 0.824 bits per heavy atom. The lowest BCUT2D eigenvalue weighted by Crippen LogP contribution is -2.27. The minimum Gasteiger partial charge on any atom is -0.491 e. The molecule has 0 aliphatic carbocycles. The van der Waals surface area contributed by atoms with Crippen LogP contribution in [0.4, 0.5) is 0 Å². The fourth-order valence-corrected chi connectivity index (χ4v) is 5.04. The smallest absolute Gasteiger partial charge is 0.119 e. The van der Waals surface area contributed by atoms with Crippen LogP contribution in [0.25, 0.3) is 24.3 Å². The van der Waals surface area contributed by atoms with E-state index in [1.54, 1.807) is 0 Å². The second kappa shape index (κ2) is 18.6. The van der Waals surface area contributed by atoms with Gasteiger partial charge in [-0.2, -0.15) is 0 Å². The van der Waals surface area contributed by atoms with Gasteiger partial charge in [0.15, 0.2) is 0 Å². The summed E-state index contributed by atoms with van der Waals surface area (Å²) in [6.07, 6.45) is 8.56. The van der Waals surface area contributed by atoms with E-state index in [0.717, 1.165) is 58.5 Å². The number of benzene rings is 4. The highest BCUT2D eigenvalue weighted by Crippen LogP contribution is 2.21. The maximum absolute atomic E-state index is 6.07. The zero-order valence-corrected chi connectivity index (χ0v) is 29.6. The van der Waals surface area contributed by atoms with E-state index in [1.807, 2.05) is 118 Å². The largest absolute Gasteiger partial charge is 0.491 e. The van der Waals surface area contributed by atoms with Gasteiger partial charge in [-0.25, -0.2) is 0 Å². The van der Waals surface area contributed by atoms with Gasteiger partial charge in [-0.1, -0.05) is 72.8 Å². The van der Waals surface area contributed by atoms with Crippen molar-refractivity contribution in [1.29, 1.82) is 0 Å². The van der Waals surface area contributed by atoms with Crippen LogP contribution in [0.5, 0.6) is 23.0 Å². The van der Waals surface area contributed by atoms with Gasteiger partial charge in [-0.15, -0.1) is 0 Å². The normalized spacial score (nSPS) is 18.3. The molecule has 2 heterocycles. The summed E-state index contributed by atoms with van der Waals surface area (Å²) in [4.78, 5) is 0. The summed E-state index contributed by atoms with van der Waals surface area (Å²) in [6, 6.07) is 32.2. The molecule has 2 aliphatic heterocycles. The minimum absolute atomic E-state index is 0.0734. The van der Waals surface area contributed by atoms with Crippen LogP contribution in [0, 0.1) is 0 Å². The van der Waals surface area contributed by atoms with Crippen LogP contribution in [0.15, 0.2) is 97.1 Å². The molecule has 2 aliphatic rings. The second-order valence-corrected chi connectivity index (χ2v) is 13.0. The molecule has 5 atom stereocenters. The average molecular weight is 693 g/mol. The molecule has 0 spiro atoms. The first kappa shape index (κ1) is 36.2. The van der Waals surface area contributed by atoms with Crippen molar-refractivity contribution < 1.29 is 37.9 Å². The number of hydrogen-bond donors (Lipinski definition) is 0. The third-order valence-corrected chi connectivity index (χ3v) is 8.13. The SMILES string of the molecule is CC(COCC(C)Oc1ccc(C=Cc2ccc(OCC3CO3)cc2)cc1)OCC(C)Oc1ccc(C=Cc2ccc(OCC3CO3)cc2)cc1. The average Bonchev–Trinajstić information content (AvgIpc) is 4.09. The monoisotopic (exact) mass is 692 g/mol. The highest BCUT2D eigenvalue weighted by atomic mass is 16.6. The molecule has 0 radical (unpaired) electrons. The molecule has 8 nitrogen and oxygen atoms in total. The van der Waals surface area contributed by atoms with E-state index >= 15 is 0 Å². The Hall–Kier alpha value is -4.60. The maximum Gasteiger partial charge on any atom is 0.119 e. The summed E-state index contributed by atoms with van der Waals surface area (Å²) in [5.41, 5.74) is 4.40. The molecule has 2 saturated heterocycles. The van der Waals surface area contributed by atoms with Gasteiger partial charge in [-0.05, 0) is 91.6 Å². The molecule has 0 aromatic heterocycles. The van der Waals surface area contributed by atoms with Gasteiger partial charge in [-0.3, -0.25) is 0 Å². The molecule has 0 N–H and O–H groups in total. The molecule has 4 aromatic rings. The Kier molecular flexibility index (Phi) is 13.2. The molecule has 5 unspecified atom stereocenters. The summed E-state index contributed by atoms with van der Waals surface area (Å²) in [6.45, 7) is 10.2. The third kappa shape index (κ3) is 13.2. The molecule has 4 aromatic carbocycles. The van der Waals surface area contributed by atoms with E-state index in [9.17, 15) is 0 Å². The first-order valence-corrected chi connectivity index (χ1v) is 17.7. The zero-order valence-electron chi connectivity index (χ0n) is 29.6. The predicted molar refractivity (Wildman–Crippen MR) is 201 cm³/mol. The fourth-order valence-electron chi connectivity index (χ4n) is 5.04. The molecule has 268 valence electrons. The van der Waals surface area contributed by atoms with Gasteiger partial charge in [0.1, 0.15) is 60.6 Å². The van der Waals surface area contributed by atoms with Crippen molar-refractivity contribution in [2.45, 2.75) is 51.3 Å². The van der Waals surface area contributed by atoms with Crippen LogP contribution in [-0.4, -0.2) is 76.8 Å². The van der Waals surface area contributed by atoms with E-state index < -0.39 is 0 Å². The Morgan fingerprint density at radius 3 is 1.20 bits per heavy atom. The second-order valence-electron chi connectivity index (χ2n) is 13.0. The lowest BCUT2D eigenvalue weighted by atomic mass is 10.1. The van der Waals surface area contributed by atoms with Gasteiger partial charge < -0.3 is 37.9 Å². The molecular weight excluding hydrogens is 644 g/mol. The number of epoxide rings is 2. The van der Waals surface area contributed by atoms with Gasteiger partial charge in [0.2, 0.25) is 0 Å². The summed E-state index contributed by atoms with van der Waals surface area (Å²) < 4.78 is 45.8. The predicted octanol–water partition coefficient (Wildman–Crippen LogP) is 8.24. The molecule has 51 heavy (non-hydrogen) atoms. The van der Waals surface area contributed by atoms with Crippen molar-refractivity contribution in [2.75, 3.05) is 46.2 Å². The number of hydrogen-bond acceptors (Lipinski definition) is 8. The van der Waals surface area contributed by atoms with Gasteiger partial charge >= 0.3 is 0 Å². The van der Waals surface area contributed by atoms with E-state index in [-0.39, 0.29) is 30.5 Å². The Balaban J connectivity index is 0.824. The maximum atomic E-state index is 6.07. The minimum atomic E-state index is -0.103. The van der Waals surface area contributed by atoms with Crippen LogP contribution in [0.3, 0.4) is 0 Å². The van der Waals surface area contributed by atoms with Gasteiger partial charge in [0, 0.05) is 0 Å². The summed E-state index contributed by atoms with van der Waals surface area (Å²) in [7, 11) is 0. The van der Waals surface area contributed by atoms with Crippen molar-refractivity contribution in [3.8, 4) is 23.0 Å². The Bertz CT molecular complexity index is 1660. The molecule has 6 rings (SSSR count). The highest BCUT2D eigenvalue weighted by Gasteiger charge is 2.23. The lowest BCUT2D eigenvalue weighted by molar-refractivity contribution is -0.0428. The topological polar surface area (TPSA) is 80.4 Å². The molecule has 0 amide bonds. The van der Waals surface area contributed by atoms with Crippen molar-refractivity contribution in [1.82, 2.24) is 0 Å². The third-order valence-electron chi connectivity index (χ3n) is 8.13. The first-order chi connectivity index (χ1) is 24.9. The summed E-state index contributed by atoms with van der Waals surface area (Å²) in [5, 5.41) is 0. The molecule has 0 bridgehead atoms.